The van der Waals surface area contributed by atoms with E-state index < -0.39 is 84.1 Å². The molecule has 14 atom stereocenters. The molecule has 6 rings (SSSR count). The first-order valence-electron chi connectivity index (χ1n) is 21.1. The summed E-state index contributed by atoms with van der Waals surface area (Å²) in [5.74, 6) is -3.62. The number of hydrogen-bond acceptors (Lipinski definition) is 14. The molecule has 2 N–H and O–H groups in total. The Labute approximate surface area is 342 Å². The molecule has 6 aliphatic rings. The lowest BCUT2D eigenvalue weighted by Gasteiger charge is -2.71. The van der Waals surface area contributed by atoms with Crippen LogP contribution in [-0.2, 0) is 57.4 Å². The highest BCUT2D eigenvalue weighted by Gasteiger charge is 2.72. The third kappa shape index (κ3) is 7.29. The van der Waals surface area contributed by atoms with Crippen LogP contribution in [0.4, 0.5) is 0 Å². The van der Waals surface area contributed by atoms with E-state index in [1.54, 1.807) is 0 Å². The maximum Gasteiger partial charge on any atom is 0.351 e. The topological polar surface area (TPSA) is 190 Å². The van der Waals surface area contributed by atoms with Crippen LogP contribution in [0.15, 0.2) is 11.6 Å². The minimum atomic E-state index is -1.73. The van der Waals surface area contributed by atoms with Gasteiger partial charge in [-0.3, -0.25) is 24.1 Å². The predicted molar refractivity (Wildman–Crippen MR) is 206 cm³/mol. The Morgan fingerprint density at radius 1 is 0.724 bits per heavy atom. The normalized spacial score (nSPS) is 43.7. The van der Waals surface area contributed by atoms with E-state index >= 15 is 0 Å². The zero-order valence-corrected chi connectivity index (χ0v) is 36.2. The number of carbonyl (C=O) groups excluding carboxylic acids is 5. The van der Waals surface area contributed by atoms with Gasteiger partial charge in [-0.05, 0) is 103 Å². The highest BCUT2D eigenvalue weighted by Crippen LogP contribution is 2.75. The van der Waals surface area contributed by atoms with E-state index in [0.717, 1.165) is 52.9 Å². The van der Waals surface area contributed by atoms with E-state index in [9.17, 15) is 34.2 Å². The standard InChI is InChI=1S/C44H66O14/c1-23(45)52-22-29-34(53-24(2)46)35(54-25(3)47)36(55-26(4)48)37(56-29)57-58-38(51)44-19-18-39(5,6)20-28(44)27-12-13-31-41(9)16-15-32(49)40(7,8)30(41)14-17-42(31,10)43(27,11)21-33(44)50/h12,28-37,49-50H,13-22H2,1-11H3/t28-,29-,30?,31-,32+,33-,34-,35+,36-,37+,41+,42-,43-,44-/m1/s1. The molecular weight excluding hydrogens is 752 g/mol. The molecule has 0 bridgehead atoms. The number of esters is 4. The van der Waals surface area contributed by atoms with Crippen LogP contribution in [-0.4, -0.2) is 89.6 Å². The van der Waals surface area contributed by atoms with Gasteiger partial charge in [0.1, 0.15) is 18.1 Å². The summed E-state index contributed by atoms with van der Waals surface area (Å²) in [6, 6.07) is 0. The van der Waals surface area contributed by atoms with Crippen LogP contribution in [0.5, 0.6) is 0 Å². The van der Waals surface area contributed by atoms with E-state index in [-0.39, 0.29) is 33.7 Å². The minimum Gasteiger partial charge on any atom is -0.463 e. The molecule has 1 unspecified atom stereocenters. The first kappa shape index (κ1) is 44.5. The molecule has 4 saturated carbocycles. The summed E-state index contributed by atoms with van der Waals surface area (Å²) in [7, 11) is 0. The lowest BCUT2D eigenvalue weighted by atomic mass is 9.33. The Morgan fingerprint density at radius 2 is 1.34 bits per heavy atom. The Hall–Kier alpha value is -3.07. The SMILES string of the molecule is CC(=O)OC[C@H]1O[C@@H](OOC(=O)[C@]23CCC(C)(C)C[C@@H]2C2=CC[C@@H]4[C@@]5(C)CC[C@H](O)C(C)(C)C5CC[C@@]4(C)[C@]2(C)C[C@H]3O)[C@H](OC(C)=O)[C@@H](OC(C)=O)[C@@H]1OC(C)=O. The number of allylic oxidation sites excluding steroid dienone is 2. The van der Waals surface area contributed by atoms with Gasteiger partial charge in [-0.25, -0.2) is 4.79 Å². The van der Waals surface area contributed by atoms with Crippen molar-refractivity contribution < 1.29 is 67.6 Å². The van der Waals surface area contributed by atoms with Gasteiger partial charge in [-0.2, -0.15) is 0 Å². The van der Waals surface area contributed by atoms with Gasteiger partial charge in [0.25, 0.3) is 0 Å². The largest absolute Gasteiger partial charge is 0.463 e. The molecule has 1 saturated heterocycles. The Balaban J connectivity index is 1.34. The first-order chi connectivity index (χ1) is 26.8. The monoisotopic (exact) mass is 818 g/mol. The molecule has 0 spiro atoms. The fourth-order valence-corrected chi connectivity index (χ4v) is 13.1. The van der Waals surface area contributed by atoms with Crippen LogP contribution in [0, 0.1) is 50.2 Å². The van der Waals surface area contributed by atoms with Crippen molar-refractivity contribution in [3.63, 3.8) is 0 Å². The fourth-order valence-electron chi connectivity index (χ4n) is 13.1. The summed E-state index contributed by atoms with van der Waals surface area (Å²) in [6.45, 7) is 19.9. The first-order valence-corrected chi connectivity index (χ1v) is 21.1. The Morgan fingerprint density at radius 3 is 1.97 bits per heavy atom. The molecule has 14 nitrogen and oxygen atoms in total. The second kappa shape index (κ2) is 15.4. The quantitative estimate of drug-likeness (QED) is 0.100. The summed E-state index contributed by atoms with van der Waals surface area (Å²) < 4.78 is 27.7. The molecular formula is C44H66O14. The van der Waals surface area contributed by atoms with Gasteiger partial charge in [-0.15, -0.1) is 4.89 Å². The van der Waals surface area contributed by atoms with Crippen molar-refractivity contribution in [2.75, 3.05) is 6.61 Å². The van der Waals surface area contributed by atoms with E-state index in [0.29, 0.717) is 37.5 Å². The van der Waals surface area contributed by atoms with Crippen molar-refractivity contribution in [3.8, 4) is 0 Å². The Kier molecular flexibility index (Phi) is 11.8. The summed E-state index contributed by atoms with van der Waals surface area (Å²) in [5.41, 5.74) is -1.22. The highest BCUT2D eigenvalue weighted by molar-refractivity contribution is 5.79. The fraction of sp³-hybridized carbons (Fsp3) is 0.841. The van der Waals surface area contributed by atoms with Crippen LogP contribution in [0.3, 0.4) is 0 Å². The van der Waals surface area contributed by atoms with Crippen LogP contribution in [0.2, 0.25) is 0 Å². The van der Waals surface area contributed by atoms with E-state index in [1.165, 1.54) is 12.5 Å². The molecule has 14 heteroatoms. The van der Waals surface area contributed by atoms with Gasteiger partial charge in [0.05, 0.1) is 12.2 Å². The molecule has 5 fully saturated rings. The number of hydrogen-bond donors (Lipinski definition) is 2. The van der Waals surface area contributed by atoms with Crippen LogP contribution in [0.1, 0.15) is 134 Å². The molecule has 0 aromatic heterocycles. The third-order valence-corrected chi connectivity index (χ3v) is 16.2. The number of fused-ring (bicyclic) bond motifs is 7. The second-order valence-electron chi connectivity index (χ2n) is 20.4. The number of aliphatic hydroxyl groups is 2. The van der Waals surface area contributed by atoms with Crippen molar-refractivity contribution in [2.24, 2.45) is 50.2 Å². The molecule has 326 valence electrons. The minimum absolute atomic E-state index is 0.0108. The van der Waals surface area contributed by atoms with Gasteiger partial charge < -0.3 is 33.9 Å². The smallest absolute Gasteiger partial charge is 0.351 e. The average molecular weight is 819 g/mol. The lowest BCUT2D eigenvalue weighted by molar-refractivity contribution is -0.410. The molecule has 58 heavy (non-hydrogen) atoms. The van der Waals surface area contributed by atoms with Gasteiger partial charge >= 0.3 is 29.8 Å². The zero-order valence-electron chi connectivity index (χ0n) is 36.2. The van der Waals surface area contributed by atoms with Crippen LogP contribution >= 0.6 is 0 Å². The van der Waals surface area contributed by atoms with E-state index in [4.69, 9.17) is 33.5 Å². The van der Waals surface area contributed by atoms with Crippen molar-refractivity contribution in [1.29, 1.82) is 0 Å². The van der Waals surface area contributed by atoms with Gasteiger partial charge in [0, 0.05) is 27.7 Å². The third-order valence-electron chi connectivity index (χ3n) is 16.2. The molecule has 0 radical (unpaired) electrons. The van der Waals surface area contributed by atoms with Crippen molar-refractivity contribution in [1.82, 2.24) is 0 Å². The average Bonchev–Trinajstić information content (AvgIpc) is 3.10. The second-order valence-corrected chi connectivity index (χ2v) is 20.4. The maximum absolute atomic E-state index is 14.8. The number of carbonyl (C=O) groups is 5. The van der Waals surface area contributed by atoms with Gasteiger partial charge in [0.2, 0.25) is 6.29 Å². The summed E-state index contributed by atoms with van der Waals surface area (Å²) in [4.78, 5) is 75.1. The molecule has 0 aromatic rings. The summed E-state index contributed by atoms with van der Waals surface area (Å²) in [6.07, 6.45) is -0.272. The van der Waals surface area contributed by atoms with Gasteiger partial charge in [-0.1, -0.05) is 60.1 Å². The predicted octanol–water partition coefficient (Wildman–Crippen LogP) is 5.68. The molecule has 0 amide bonds. The number of ether oxygens (including phenoxy) is 5. The van der Waals surface area contributed by atoms with Crippen molar-refractivity contribution in [3.05, 3.63) is 11.6 Å². The van der Waals surface area contributed by atoms with E-state index in [1.807, 2.05) is 0 Å². The van der Waals surface area contributed by atoms with Crippen LogP contribution < -0.4 is 0 Å². The van der Waals surface area contributed by atoms with E-state index in [2.05, 4.69) is 54.5 Å². The molecule has 5 aliphatic carbocycles. The molecule has 0 aromatic carbocycles. The van der Waals surface area contributed by atoms with Crippen LogP contribution in [0.25, 0.3) is 0 Å². The zero-order chi connectivity index (χ0) is 43.0. The maximum atomic E-state index is 14.8. The number of aliphatic hydroxyl groups excluding tert-OH is 2. The summed E-state index contributed by atoms with van der Waals surface area (Å²) in [5, 5.41) is 23.7. The van der Waals surface area contributed by atoms with Crippen molar-refractivity contribution in [2.45, 2.75) is 177 Å². The lowest BCUT2D eigenvalue weighted by Crippen LogP contribution is -2.67. The Bertz CT molecular complexity index is 1690. The molecule has 1 aliphatic heterocycles. The van der Waals surface area contributed by atoms with Gasteiger partial charge in [0.15, 0.2) is 18.3 Å². The molecule has 1 heterocycles. The highest BCUT2D eigenvalue weighted by atomic mass is 17.2. The number of rotatable bonds is 8. The van der Waals surface area contributed by atoms with Crippen molar-refractivity contribution >= 4 is 29.8 Å². The summed E-state index contributed by atoms with van der Waals surface area (Å²) >= 11 is 0.